The van der Waals surface area contributed by atoms with Crippen LogP contribution in [0.1, 0.15) is 26.7 Å². The van der Waals surface area contributed by atoms with Gasteiger partial charge in [-0.2, -0.15) is 5.10 Å². The molecule has 2 aliphatic rings. The average molecular weight is 288 g/mol. The molecule has 2 atom stereocenters. The Labute approximate surface area is 124 Å². The normalized spacial score (nSPS) is 27.7. The number of Topliss-reactive ketones (excluding diaryl/α,β-unsaturated/α-hetero) is 1. The highest BCUT2D eigenvalue weighted by atomic mass is 32.2. The molecule has 20 heavy (non-hydrogen) atoms. The Morgan fingerprint density at radius 2 is 2.10 bits per heavy atom. The molecule has 3 rings (SSSR count). The van der Waals surface area contributed by atoms with Gasteiger partial charge in [0.05, 0.1) is 17.7 Å². The summed E-state index contributed by atoms with van der Waals surface area (Å²) in [7, 11) is 0. The van der Waals surface area contributed by atoms with Crippen molar-refractivity contribution in [2.24, 2.45) is 16.4 Å². The Morgan fingerprint density at radius 3 is 2.85 bits per heavy atom. The van der Waals surface area contributed by atoms with Crippen LogP contribution in [0.5, 0.6) is 0 Å². The Hall–Kier alpha value is -1.29. The van der Waals surface area contributed by atoms with Crippen LogP contribution in [0.25, 0.3) is 0 Å². The summed E-state index contributed by atoms with van der Waals surface area (Å²) in [6.07, 6.45) is 1.69. The van der Waals surface area contributed by atoms with Gasteiger partial charge in [0.15, 0.2) is 0 Å². The van der Waals surface area contributed by atoms with Crippen LogP contribution in [0.3, 0.4) is 0 Å². The van der Waals surface area contributed by atoms with E-state index in [0.29, 0.717) is 12.2 Å². The average Bonchev–Trinajstić information content (AvgIpc) is 2.79. The van der Waals surface area contributed by atoms with E-state index < -0.39 is 0 Å². The fourth-order valence-electron chi connectivity index (χ4n) is 3.16. The number of nitrogens with one attached hydrogen (secondary N) is 1. The predicted octanol–water partition coefficient (Wildman–Crippen LogP) is 3.11. The van der Waals surface area contributed by atoms with Gasteiger partial charge in [-0.15, -0.1) is 11.8 Å². The van der Waals surface area contributed by atoms with E-state index in [1.165, 1.54) is 4.90 Å². The summed E-state index contributed by atoms with van der Waals surface area (Å²) in [6, 6.07) is 10.5. The number of thioether (sulfide) groups is 1. The third-order valence-corrected chi connectivity index (χ3v) is 5.08. The van der Waals surface area contributed by atoms with Gasteiger partial charge in [-0.1, -0.05) is 32.0 Å². The fraction of sp³-hybridized carbons (Fsp3) is 0.500. The lowest BCUT2D eigenvalue weighted by molar-refractivity contribution is -0.126. The zero-order valence-corrected chi connectivity index (χ0v) is 12.7. The number of benzene rings is 1. The van der Waals surface area contributed by atoms with E-state index in [-0.39, 0.29) is 17.4 Å². The number of hydrazone groups is 1. The van der Waals surface area contributed by atoms with Crippen molar-refractivity contribution in [3.05, 3.63) is 30.3 Å². The molecule has 1 aromatic carbocycles. The number of hydrogen-bond donors (Lipinski definition) is 1. The largest absolute Gasteiger partial charge is 0.306 e. The SMILES string of the molecule is CC1(C)CC(=O)[C@H]2C(CSc3ccccc3)=NN[C@@H]2C1. The van der Waals surface area contributed by atoms with Crippen molar-refractivity contribution < 1.29 is 4.79 Å². The maximum absolute atomic E-state index is 12.4. The molecule has 0 spiro atoms. The molecule has 0 unspecified atom stereocenters. The van der Waals surface area contributed by atoms with Crippen LogP contribution in [0.4, 0.5) is 0 Å². The molecule has 0 bridgehead atoms. The van der Waals surface area contributed by atoms with Gasteiger partial charge in [-0.25, -0.2) is 0 Å². The summed E-state index contributed by atoms with van der Waals surface area (Å²) in [5.74, 6) is 1.15. The summed E-state index contributed by atoms with van der Waals surface area (Å²) in [4.78, 5) is 13.6. The standard InChI is InChI=1S/C16H20N2OS/c1-16(2)8-12-15(14(19)9-16)13(18-17-12)10-20-11-6-4-3-5-7-11/h3-7,12,15,17H,8-10H2,1-2H3/t12-,15-/m1/s1. The van der Waals surface area contributed by atoms with Gasteiger partial charge < -0.3 is 5.43 Å². The molecule has 106 valence electrons. The van der Waals surface area contributed by atoms with Crippen LogP contribution in [-0.2, 0) is 4.79 Å². The lowest BCUT2D eigenvalue weighted by Gasteiger charge is -2.36. The zero-order valence-electron chi connectivity index (χ0n) is 11.9. The number of ketones is 1. The maximum Gasteiger partial charge on any atom is 0.144 e. The van der Waals surface area contributed by atoms with Crippen molar-refractivity contribution in [3.63, 3.8) is 0 Å². The minimum atomic E-state index is -0.000706. The van der Waals surface area contributed by atoms with Crippen LogP contribution in [0, 0.1) is 11.3 Å². The first-order valence-corrected chi connectivity index (χ1v) is 8.06. The first-order chi connectivity index (χ1) is 9.55. The van der Waals surface area contributed by atoms with Gasteiger partial charge in [0, 0.05) is 17.1 Å². The minimum Gasteiger partial charge on any atom is -0.306 e. The zero-order chi connectivity index (χ0) is 14.2. The Morgan fingerprint density at radius 1 is 1.35 bits per heavy atom. The predicted molar refractivity (Wildman–Crippen MR) is 83.0 cm³/mol. The summed E-state index contributed by atoms with van der Waals surface area (Å²) in [5.41, 5.74) is 4.30. The maximum atomic E-state index is 12.4. The number of nitrogens with zero attached hydrogens (tertiary/aromatic N) is 1. The summed E-state index contributed by atoms with van der Waals surface area (Å²) >= 11 is 1.75. The minimum absolute atomic E-state index is 0.000706. The quantitative estimate of drug-likeness (QED) is 0.869. The highest BCUT2D eigenvalue weighted by Gasteiger charge is 2.45. The van der Waals surface area contributed by atoms with E-state index in [0.717, 1.165) is 17.9 Å². The summed E-state index contributed by atoms with van der Waals surface area (Å²) in [6.45, 7) is 4.33. The molecular weight excluding hydrogens is 268 g/mol. The molecule has 1 heterocycles. The van der Waals surface area contributed by atoms with Gasteiger partial charge in [-0.3, -0.25) is 4.79 Å². The second kappa shape index (κ2) is 5.24. The van der Waals surface area contributed by atoms with Crippen LogP contribution in [0.15, 0.2) is 40.3 Å². The van der Waals surface area contributed by atoms with Crippen molar-refractivity contribution >= 4 is 23.3 Å². The Bertz CT molecular complexity index is 539. The van der Waals surface area contributed by atoms with Crippen molar-refractivity contribution in [1.29, 1.82) is 0 Å². The number of fused-ring (bicyclic) bond motifs is 1. The van der Waals surface area contributed by atoms with Crippen molar-refractivity contribution in [2.75, 3.05) is 5.75 Å². The number of hydrogen-bond acceptors (Lipinski definition) is 4. The fourth-order valence-corrected chi connectivity index (χ4v) is 4.07. The van der Waals surface area contributed by atoms with E-state index in [2.05, 4.69) is 36.5 Å². The molecule has 1 N–H and O–H groups in total. The molecule has 1 aliphatic heterocycles. The molecule has 1 saturated carbocycles. The van der Waals surface area contributed by atoms with E-state index in [9.17, 15) is 4.79 Å². The lowest BCUT2D eigenvalue weighted by atomic mass is 9.69. The highest BCUT2D eigenvalue weighted by Crippen LogP contribution is 2.39. The van der Waals surface area contributed by atoms with Gasteiger partial charge in [0.1, 0.15) is 5.78 Å². The van der Waals surface area contributed by atoms with E-state index in [1.807, 2.05) is 18.2 Å². The van der Waals surface area contributed by atoms with Crippen LogP contribution < -0.4 is 5.43 Å². The smallest absolute Gasteiger partial charge is 0.144 e. The number of rotatable bonds is 3. The van der Waals surface area contributed by atoms with Crippen LogP contribution in [-0.4, -0.2) is 23.3 Å². The molecule has 0 aromatic heterocycles. The Kier molecular flexibility index (Phi) is 3.59. The number of carbonyl (C=O) groups excluding carboxylic acids is 1. The van der Waals surface area contributed by atoms with E-state index in [1.54, 1.807) is 11.8 Å². The Balaban J connectivity index is 1.66. The molecule has 0 amide bonds. The lowest BCUT2D eigenvalue weighted by Crippen LogP contribution is -2.45. The van der Waals surface area contributed by atoms with Gasteiger partial charge in [-0.05, 0) is 24.0 Å². The van der Waals surface area contributed by atoms with Crippen molar-refractivity contribution in [3.8, 4) is 0 Å². The topological polar surface area (TPSA) is 41.5 Å². The van der Waals surface area contributed by atoms with Gasteiger partial charge in [0.25, 0.3) is 0 Å². The highest BCUT2D eigenvalue weighted by molar-refractivity contribution is 8.00. The third kappa shape index (κ3) is 2.75. The monoisotopic (exact) mass is 288 g/mol. The second-order valence-electron chi connectivity index (χ2n) is 6.43. The van der Waals surface area contributed by atoms with Crippen LogP contribution in [0.2, 0.25) is 0 Å². The molecule has 0 radical (unpaired) electrons. The first-order valence-electron chi connectivity index (χ1n) is 7.08. The molecule has 4 heteroatoms. The number of carbonyl (C=O) groups is 1. The van der Waals surface area contributed by atoms with Gasteiger partial charge >= 0.3 is 0 Å². The second-order valence-corrected chi connectivity index (χ2v) is 7.48. The van der Waals surface area contributed by atoms with E-state index in [4.69, 9.17) is 0 Å². The summed E-state index contributed by atoms with van der Waals surface area (Å²) < 4.78 is 0. The molecule has 1 aliphatic carbocycles. The van der Waals surface area contributed by atoms with Gasteiger partial charge in [0.2, 0.25) is 0 Å². The molecular formula is C16H20N2OS. The molecule has 0 saturated heterocycles. The third-order valence-electron chi connectivity index (χ3n) is 4.04. The van der Waals surface area contributed by atoms with E-state index >= 15 is 0 Å². The van der Waals surface area contributed by atoms with Crippen molar-refractivity contribution in [2.45, 2.75) is 37.6 Å². The van der Waals surface area contributed by atoms with Crippen molar-refractivity contribution in [1.82, 2.24) is 5.43 Å². The first kappa shape index (κ1) is 13.7. The molecule has 3 nitrogen and oxygen atoms in total. The summed E-state index contributed by atoms with van der Waals surface area (Å²) in [5, 5.41) is 4.44. The molecule has 1 fully saturated rings. The van der Waals surface area contributed by atoms with Crippen LogP contribution >= 0.6 is 11.8 Å². The molecule has 1 aromatic rings.